The van der Waals surface area contributed by atoms with E-state index in [0.717, 1.165) is 17.7 Å². The fourth-order valence-corrected chi connectivity index (χ4v) is 3.51. The van der Waals surface area contributed by atoms with Gasteiger partial charge >= 0.3 is 0 Å². The predicted octanol–water partition coefficient (Wildman–Crippen LogP) is 3.29. The summed E-state index contributed by atoms with van der Waals surface area (Å²) in [5.74, 6) is -3.79. The molecule has 0 saturated heterocycles. The molecule has 0 fully saturated rings. The largest absolute Gasteiger partial charge is 0.373 e. The first-order valence-corrected chi connectivity index (χ1v) is 11.2. The summed E-state index contributed by atoms with van der Waals surface area (Å²) in [6.45, 7) is 1.36. The van der Waals surface area contributed by atoms with Crippen LogP contribution in [0.25, 0.3) is 0 Å². The van der Waals surface area contributed by atoms with Crippen molar-refractivity contribution < 1.29 is 28.1 Å². The van der Waals surface area contributed by atoms with Crippen LogP contribution < -0.4 is 16.0 Å². The highest BCUT2D eigenvalue weighted by atomic mass is 19.1. The van der Waals surface area contributed by atoms with E-state index in [0.29, 0.717) is 11.8 Å². The van der Waals surface area contributed by atoms with E-state index in [1.807, 2.05) is 6.07 Å². The Hall–Kier alpha value is -4.67. The van der Waals surface area contributed by atoms with Gasteiger partial charge in [-0.25, -0.2) is 8.78 Å². The molecule has 0 unspecified atom stereocenters. The zero-order chi connectivity index (χ0) is 26.9. The van der Waals surface area contributed by atoms with Crippen LogP contribution >= 0.6 is 0 Å². The van der Waals surface area contributed by atoms with Crippen molar-refractivity contribution in [2.45, 2.75) is 31.8 Å². The normalized spacial score (nSPS) is 12.2. The number of carbonyl (C=O) groups excluding carboxylic acids is 3. The maximum absolute atomic E-state index is 13.3. The minimum Gasteiger partial charge on any atom is -0.373 e. The molecule has 0 aliphatic carbocycles. The molecule has 0 aliphatic heterocycles. The number of carbonyl (C=O) groups is 3. The third-order valence-corrected chi connectivity index (χ3v) is 5.32. The molecule has 2 atom stereocenters. The second kappa shape index (κ2) is 12.3. The number of non-ortho nitro benzene ring substituents is 1. The highest BCUT2D eigenvalue weighted by Gasteiger charge is 2.24. The fraction of sp³-hybridized carbons (Fsp3) is 0.192. The molecule has 9 nitrogen and oxygen atoms in total. The summed E-state index contributed by atoms with van der Waals surface area (Å²) in [4.78, 5) is 48.2. The number of hydrogen-bond donors (Lipinski definition) is 3. The smallest absolute Gasteiger partial charge is 0.269 e. The first kappa shape index (κ1) is 26.9. The number of nitro groups is 1. The van der Waals surface area contributed by atoms with Gasteiger partial charge in [0, 0.05) is 30.3 Å². The Balaban J connectivity index is 1.65. The molecule has 0 aromatic heterocycles. The molecule has 0 aliphatic rings. The van der Waals surface area contributed by atoms with Gasteiger partial charge in [0.1, 0.15) is 23.7 Å². The van der Waals surface area contributed by atoms with Gasteiger partial charge in [-0.2, -0.15) is 0 Å². The lowest BCUT2D eigenvalue weighted by Gasteiger charge is -2.21. The molecule has 3 aromatic rings. The minimum absolute atomic E-state index is 0.0916. The van der Waals surface area contributed by atoms with Gasteiger partial charge in [0.05, 0.1) is 11.3 Å². The Labute approximate surface area is 211 Å². The maximum atomic E-state index is 13.3. The number of halogens is 2. The number of amides is 3. The van der Waals surface area contributed by atoms with Crippen LogP contribution in [0.5, 0.6) is 0 Å². The second-order valence-electron chi connectivity index (χ2n) is 8.29. The molecule has 0 radical (unpaired) electrons. The van der Waals surface area contributed by atoms with Gasteiger partial charge in [-0.1, -0.05) is 30.3 Å². The van der Waals surface area contributed by atoms with Crippen molar-refractivity contribution in [3.05, 3.63) is 106 Å². The summed E-state index contributed by atoms with van der Waals surface area (Å²) in [6.07, 6.45) is -0.165. The van der Waals surface area contributed by atoms with Gasteiger partial charge in [-0.3, -0.25) is 29.8 Å². The van der Waals surface area contributed by atoms with Crippen molar-refractivity contribution in [1.29, 1.82) is 0 Å². The molecular weight excluding hydrogens is 486 g/mol. The number of anilines is 1. The Kier molecular flexibility index (Phi) is 8.98. The summed E-state index contributed by atoms with van der Waals surface area (Å²) >= 11 is 0. The number of imide groups is 1. The molecule has 3 amide bonds. The topological polar surface area (TPSA) is 130 Å². The zero-order valence-corrected chi connectivity index (χ0v) is 19.7. The molecule has 192 valence electrons. The zero-order valence-electron chi connectivity index (χ0n) is 19.7. The van der Waals surface area contributed by atoms with Crippen LogP contribution in [0, 0.1) is 21.7 Å². The van der Waals surface area contributed by atoms with Crippen LogP contribution in [-0.2, 0) is 27.2 Å². The van der Waals surface area contributed by atoms with Crippen LogP contribution in [0.3, 0.4) is 0 Å². The monoisotopic (exact) mass is 510 g/mol. The lowest BCUT2D eigenvalue weighted by atomic mass is 10.0. The van der Waals surface area contributed by atoms with Gasteiger partial charge in [-0.15, -0.1) is 0 Å². The Morgan fingerprint density at radius 2 is 1.51 bits per heavy atom. The first-order valence-electron chi connectivity index (χ1n) is 11.2. The number of rotatable bonds is 10. The highest BCUT2D eigenvalue weighted by molar-refractivity contribution is 6.02. The molecule has 3 N–H and O–H groups in total. The summed E-state index contributed by atoms with van der Waals surface area (Å²) in [5.41, 5.74) is 1.20. The minimum atomic E-state index is -1.12. The van der Waals surface area contributed by atoms with Crippen LogP contribution in [-0.4, -0.2) is 34.7 Å². The molecule has 3 aromatic carbocycles. The SMILES string of the molecule is C[C@H](NC(=O)Cc1cc(F)cc(F)c1)C(=O)NC(=O)[C@H](Cc1ccccc1)Nc1ccc([N+](=O)[O-])cc1. The first-order chi connectivity index (χ1) is 17.6. The van der Waals surface area contributed by atoms with Crippen molar-refractivity contribution >= 4 is 29.1 Å². The van der Waals surface area contributed by atoms with E-state index >= 15 is 0 Å². The van der Waals surface area contributed by atoms with Gasteiger partial charge in [-0.05, 0) is 42.3 Å². The summed E-state index contributed by atoms with van der Waals surface area (Å²) in [6, 6.07) is 15.1. The van der Waals surface area contributed by atoms with E-state index in [-0.39, 0.29) is 24.1 Å². The van der Waals surface area contributed by atoms with Crippen LogP contribution in [0.15, 0.2) is 72.8 Å². The van der Waals surface area contributed by atoms with E-state index in [2.05, 4.69) is 16.0 Å². The van der Waals surface area contributed by atoms with E-state index in [9.17, 15) is 33.3 Å². The van der Waals surface area contributed by atoms with Gasteiger partial charge in [0.25, 0.3) is 5.69 Å². The fourth-order valence-electron chi connectivity index (χ4n) is 3.51. The number of hydrogen-bond acceptors (Lipinski definition) is 6. The number of nitro benzene ring substituents is 1. The van der Waals surface area contributed by atoms with Crippen LogP contribution in [0.4, 0.5) is 20.2 Å². The van der Waals surface area contributed by atoms with E-state index in [1.54, 1.807) is 24.3 Å². The molecule has 3 rings (SSSR count). The Morgan fingerprint density at radius 1 is 0.892 bits per heavy atom. The lowest BCUT2D eigenvalue weighted by molar-refractivity contribution is -0.384. The van der Waals surface area contributed by atoms with Crippen molar-refractivity contribution in [2.24, 2.45) is 0 Å². The average molecular weight is 510 g/mol. The molecule has 0 heterocycles. The van der Waals surface area contributed by atoms with Crippen LogP contribution in [0.2, 0.25) is 0 Å². The Morgan fingerprint density at radius 3 is 2.11 bits per heavy atom. The number of nitrogens with one attached hydrogen (secondary N) is 3. The average Bonchev–Trinajstić information content (AvgIpc) is 2.83. The third-order valence-electron chi connectivity index (χ3n) is 5.32. The van der Waals surface area contributed by atoms with Crippen molar-refractivity contribution in [2.75, 3.05) is 5.32 Å². The van der Waals surface area contributed by atoms with Gasteiger partial charge in [0.2, 0.25) is 17.7 Å². The summed E-state index contributed by atoms with van der Waals surface area (Å²) < 4.78 is 26.7. The quantitative estimate of drug-likeness (QED) is 0.284. The molecule has 11 heteroatoms. The molecule has 0 spiro atoms. The van der Waals surface area contributed by atoms with Gasteiger partial charge in [0.15, 0.2) is 0 Å². The molecule has 37 heavy (non-hydrogen) atoms. The van der Waals surface area contributed by atoms with E-state index in [4.69, 9.17) is 0 Å². The third kappa shape index (κ3) is 8.20. The predicted molar refractivity (Wildman–Crippen MR) is 131 cm³/mol. The molecule has 0 bridgehead atoms. The van der Waals surface area contributed by atoms with Gasteiger partial charge < -0.3 is 10.6 Å². The van der Waals surface area contributed by atoms with Crippen LogP contribution in [0.1, 0.15) is 18.1 Å². The number of nitrogens with zero attached hydrogens (tertiary/aromatic N) is 1. The van der Waals surface area contributed by atoms with Crippen molar-refractivity contribution in [3.63, 3.8) is 0 Å². The summed E-state index contributed by atoms with van der Waals surface area (Å²) in [5, 5.41) is 18.5. The van der Waals surface area contributed by atoms with Crippen molar-refractivity contribution in [3.8, 4) is 0 Å². The number of benzene rings is 3. The van der Waals surface area contributed by atoms with Crippen molar-refractivity contribution in [1.82, 2.24) is 10.6 Å². The maximum Gasteiger partial charge on any atom is 0.269 e. The summed E-state index contributed by atoms with van der Waals surface area (Å²) in [7, 11) is 0. The van der Waals surface area contributed by atoms with E-state index < -0.39 is 46.4 Å². The highest BCUT2D eigenvalue weighted by Crippen LogP contribution is 2.17. The molecule has 0 saturated carbocycles. The Bertz CT molecular complexity index is 1270. The second-order valence-corrected chi connectivity index (χ2v) is 8.29. The van der Waals surface area contributed by atoms with E-state index in [1.165, 1.54) is 31.2 Å². The lowest BCUT2D eigenvalue weighted by Crippen LogP contribution is -2.51. The molecular formula is C26H24F2N4O5. The standard InChI is InChI=1S/C26H24F2N4O5/c1-16(29-24(33)14-18-11-19(27)15-20(28)12-18)25(34)31-26(35)23(13-17-5-3-2-4-6-17)30-21-7-9-22(10-8-21)32(36)37/h2-12,15-16,23,30H,13-14H2,1H3,(H,29,33)(H,31,34,35)/t16-,23-/m0/s1.